The number of carbonyl (C=O) groups is 3. The van der Waals surface area contributed by atoms with Gasteiger partial charge in [0.25, 0.3) is 0 Å². The molecule has 15 rings (SSSR count). The molecule has 5 aliphatic heterocycles. The molecule has 22 atom stereocenters. The molecule has 0 amide bonds. The molecule has 5 saturated heterocycles. The number of carbonyl (C=O) groups excluding carboxylic acids is 3. The molecule has 708 valence electrons. The van der Waals surface area contributed by atoms with E-state index in [0.717, 1.165) is 19.3 Å². The Kier molecular flexibility index (Phi) is 39.6. The first-order valence-corrected chi connectivity index (χ1v) is 46.8. The normalized spacial score (nSPS) is 28.7. The number of hydrogen-bond donors (Lipinski definition) is 7. The fraction of sp³-hybridized carbons (Fsp3) is 0.557. The van der Waals surface area contributed by atoms with E-state index in [2.05, 4.69) is 78.8 Å². The number of halogens is 11. The topological polar surface area (TPSA) is 492 Å². The van der Waals surface area contributed by atoms with Crippen LogP contribution in [0.2, 0.25) is 10.3 Å². The van der Waals surface area contributed by atoms with Crippen molar-refractivity contribution in [2.24, 2.45) is 35.3 Å². The predicted octanol–water partition coefficient (Wildman–Crippen LogP) is 15.7. The van der Waals surface area contributed by atoms with Gasteiger partial charge in [0.1, 0.15) is 83.2 Å². The summed E-state index contributed by atoms with van der Waals surface area (Å²) in [6.07, 6.45) is 3.67. The minimum atomic E-state index is -3.44. The van der Waals surface area contributed by atoms with Gasteiger partial charge in [-0.05, 0) is 103 Å². The van der Waals surface area contributed by atoms with Crippen LogP contribution in [0.4, 0.5) is 33.6 Å². The Balaban J connectivity index is 0.000000226. The number of anilines is 2. The van der Waals surface area contributed by atoms with Crippen LogP contribution in [-0.4, -0.2) is 216 Å². The lowest BCUT2D eigenvalue weighted by molar-refractivity contribution is -0.149. The number of rotatable bonds is 16. The number of H-pyrrole nitrogens is 1. The Hall–Kier alpha value is -8.22. The van der Waals surface area contributed by atoms with Crippen LogP contribution in [0.3, 0.4) is 0 Å². The maximum absolute atomic E-state index is 15.0. The van der Waals surface area contributed by atoms with Crippen molar-refractivity contribution in [2.45, 2.75) is 226 Å². The lowest BCUT2D eigenvalue weighted by Crippen LogP contribution is -2.40. The molecule has 0 radical (unpaired) electrons. The van der Waals surface area contributed by atoms with E-state index in [0.29, 0.717) is 67.7 Å². The van der Waals surface area contributed by atoms with Crippen LogP contribution in [0.1, 0.15) is 148 Å². The first-order chi connectivity index (χ1) is 59.5. The molecule has 10 aromatic rings. The molecule has 5 fully saturated rings. The molecular weight excluding hydrogens is 1860 g/mol. The Morgan fingerprint density at radius 1 is 0.547 bits per heavy atom. The van der Waals surface area contributed by atoms with Crippen LogP contribution in [-0.2, 0) is 56.7 Å². The van der Waals surface area contributed by atoms with Crippen LogP contribution in [0, 0.1) is 29.6 Å². The molecule has 10 N–H and O–H groups in total. The number of fused-ring (bicyclic) bond motifs is 4. The van der Waals surface area contributed by atoms with Crippen molar-refractivity contribution in [2.75, 3.05) is 38.5 Å². The van der Waals surface area contributed by atoms with Crippen molar-refractivity contribution in [3.63, 3.8) is 0 Å². The number of para-hydroxylation sites is 2. The standard InChI is InChI=1S/C13H16ClFN4O.C13H18FN5O.C11H14ClO4P.C11H14FN5O3.C8H15FO2.C8H13FO2.C6H5Cl2O2P.C5H3ClN4.C4H9NO2.ClH/c1-4-8-7(2)13(3,15)12(20-8)19-6-18-9-10(14)16-5-17-11(9)19;1-4-8-7(2)13(3,14)12(20-8)19-6-18-9-10(15)16-5-17-11(9)19;1-9(11(13)15-2)8-17(12,14)16-10-6-4-3-5-7-10;1-11(12)7(19)5(2-18)20-10(11)17-4-16-6-8(13)14-3-15-9(6)17;2*1-4-6-5(2)8(3,9)7(10)11-6;7-11(8,9)10-6-4-2-1-3-5-6;6-4-3-5(9-1-7-3)10-2-8-4;1-3(5)4(6)7-2;/h5-8,12H,4H2,1-3H3;5-8,12H,4H2,1-3H3,(H2,15,16,17);3-7,9H,8H2,1-2H3;3-5,7,10,18-19H,2H2,1H3,(H2,13,14,15);5-7,10H,4H2,1-3H3;5-6H,4H2,1-3H3;1-5H;1-2H,(H,7,8,9,10);3H,5H2,1-2H3;1H/t7-,8-,12?,13-;7-,8-,12-,13-;9-,17?;5-,7-,10-,11-;5-,6-,7?,8-;5-,6-,8-;;;3-;/m111111..0./s1. The monoisotopic (exact) mass is 1960 g/mol. The van der Waals surface area contributed by atoms with Crippen molar-refractivity contribution in [3.8, 4) is 11.5 Å². The second kappa shape index (κ2) is 46.7. The van der Waals surface area contributed by atoms with Gasteiger partial charge in [-0.15, -0.1) is 12.4 Å². The zero-order valence-corrected chi connectivity index (χ0v) is 79.3. The molecule has 49 heteroatoms. The summed E-state index contributed by atoms with van der Waals surface area (Å²) < 4.78 is 144. The molecule has 3 unspecified atom stereocenters. The Bertz CT molecular complexity index is 5070. The summed E-state index contributed by atoms with van der Waals surface area (Å²) >= 11 is 27.8. The van der Waals surface area contributed by atoms with Gasteiger partial charge in [0.05, 0.1) is 76.5 Å². The Morgan fingerprint density at radius 3 is 1.30 bits per heavy atom. The third kappa shape index (κ3) is 26.6. The number of benzene rings is 2. The van der Waals surface area contributed by atoms with Crippen molar-refractivity contribution in [3.05, 3.63) is 122 Å². The minimum absolute atomic E-state index is 0. The zero-order chi connectivity index (χ0) is 94.8. The van der Waals surface area contributed by atoms with Gasteiger partial charge in [0.2, 0.25) is 5.67 Å². The highest BCUT2D eigenvalue weighted by Gasteiger charge is 2.57. The number of aromatic amines is 1. The molecule has 128 heavy (non-hydrogen) atoms. The van der Waals surface area contributed by atoms with E-state index in [-0.39, 0.29) is 89.4 Å². The summed E-state index contributed by atoms with van der Waals surface area (Å²) in [6, 6.07) is 16.6. The number of aliphatic hydroxyl groups is 3. The molecule has 5 aliphatic rings. The van der Waals surface area contributed by atoms with Crippen LogP contribution < -0.4 is 26.2 Å². The third-order valence-electron chi connectivity index (χ3n) is 21.9. The lowest BCUT2D eigenvalue weighted by Gasteiger charge is -2.25. The number of nitrogen functional groups attached to an aromatic ring is 2. The maximum Gasteiger partial charge on any atom is 0.428 e. The van der Waals surface area contributed by atoms with E-state index >= 15 is 8.78 Å². The van der Waals surface area contributed by atoms with Gasteiger partial charge < -0.3 is 79.7 Å². The average molecular weight is 1970 g/mol. The Labute approximate surface area is 765 Å². The van der Waals surface area contributed by atoms with E-state index in [1.807, 2.05) is 47.6 Å². The van der Waals surface area contributed by atoms with Crippen LogP contribution >= 0.6 is 82.1 Å². The van der Waals surface area contributed by atoms with Crippen molar-refractivity contribution in [1.82, 2.24) is 78.5 Å². The predicted molar refractivity (Wildman–Crippen MR) is 473 cm³/mol. The van der Waals surface area contributed by atoms with Crippen molar-refractivity contribution >= 4 is 156 Å². The summed E-state index contributed by atoms with van der Waals surface area (Å²) in [5.74, 6) is -1.77. The number of ether oxygens (including phenoxy) is 7. The summed E-state index contributed by atoms with van der Waals surface area (Å²) in [5, 5.41) is 28.8. The van der Waals surface area contributed by atoms with Crippen molar-refractivity contribution < 1.29 is 103 Å². The number of nitrogens with two attached hydrogens (primary N) is 3. The lowest BCUT2D eigenvalue weighted by atomic mass is 9.88. The van der Waals surface area contributed by atoms with Gasteiger partial charge in [-0.25, -0.2) is 91.1 Å². The number of esters is 3. The van der Waals surface area contributed by atoms with E-state index in [1.165, 1.54) is 90.2 Å². The van der Waals surface area contributed by atoms with Gasteiger partial charge in [-0.1, -0.05) is 122 Å². The van der Waals surface area contributed by atoms with Gasteiger partial charge >= 0.3 is 30.7 Å². The molecule has 36 nitrogen and oxygen atoms in total. The highest BCUT2D eigenvalue weighted by atomic mass is 35.9. The quantitative estimate of drug-likeness (QED) is 0.0155. The van der Waals surface area contributed by atoms with Gasteiger partial charge in [-0.2, -0.15) is 0 Å². The number of aromatic nitrogens is 16. The second-order valence-corrected chi connectivity index (χ2v) is 39.0. The summed E-state index contributed by atoms with van der Waals surface area (Å²) in [4.78, 5) is 82.8. The van der Waals surface area contributed by atoms with E-state index in [9.17, 15) is 41.8 Å². The number of aliphatic hydroxyl groups excluding tert-OH is 3. The molecule has 0 aliphatic carbocycles. The number of methoxy groups -OCH3 is 2. The molecule has 2 aromatic carbocycles. The number of nitrogens with one attached hydrogen (secondary N) is 1. The third-order valence-corrected chi connectivity index (χ3v) is 25.4. The fourth-order valence-corrected chi connectivity index (χ4v) is 17.0. The zero-order valence-electron chi connectivity index (χ0n) is 73.0. The summed E-state index contributed by atoms with van der Waals surface area (Å²) in [7, 11) is 2.59. The summed E-state index contributed by atoms with van der Waals surface area (Å²) in [6.45, 7) is 21.3. The fourth-order valence-electron chi connectivity index (χ4n) is 13.6. The van der Waals surface area contributed by atoms with Crippen LogP contribution in [0.15, 0.2) is 111 Å². The van der Waals surface area contributed by atoms with Crippen LogP contribution in [0.5, 0.6) is 11.5 Å². The van der Waals surface area contributed by atoms with Gasteiger partial charge in [0, 0.05) is 46.2 Å². The number of nitrogens with zero attached hydrogens (tertiary/aromatic N) is 15. The van der Waals surface area contributed by atoms with E-state index in [1.54, 1.807) is 105 Å². The number of hydrogen-bond acceptors (Lipinski definition) is 32. The molecule has 8 aromatic heterocycles. The van der Waals surface area contributed by atoms with Crippen LogP contribution in [0.25, 0.3) is 44.7 Å². The smallest absolute Gasteiger partial charge is 0.428 e. The summed E-state index contributed by atoms with van der Waals surface area (Å²) in [5.41, 5.74) is 11.9. The SMILES string of the molecule is CC[C@H]1OC(=O)[C@](C)(F)[C@@H]1C.CC[C@H]1OC(O)[C@](C)(F)[C@@H]1C.CC[C@H]1OC(n2cnc3c(Cl)ncnc32)[C@](C)(F)[C@@H]1C.CC[C@H]1O[C@@H](n2cnc3c(N)ncnc32)[C@](C)(F)[C@@H]1C.COC(=O)[C@H](C)CP(=O)(Cl)Oc1ccccc1.COC(=O)[C@H](C)N.C[C@@]1(F)[C@H](O)[C@@H](CO)O[C@H]1n1cnc2c(N)ncnc21.Cl.Clc1ncnc2nc[nH]c12.O=P(Cl)(Cl)Oc1ccccc1. The largest absolute Gasteiger partial charge is 0.469 e. The first-order valence-electron chi connectivity index (χ1n) is 39.9. The number of imidazole rings is 4. The highest BCUT2D eigenvalue weighted by Crippen LogP contribution is 2.57. The number of alkyl halides is 5. The highest BCUT2D eigenvalue weighted by molar-refractivity contribution is 8.05. The van der Waals surface area contributed by atoms with Crippen molar-refractivity contribution in [1.29, 1.82) is 0 Å². The average Bonchev–Trinajstić information content (AvgIpc) is 1.61. The maximum atomic E-state index is 15.0. The van der Waals surface area contributed by atoms with Gasteiger partial charge in [-0.3, -0.25) is 27.9 Å². The minimum Gasteiger partial charge on any atom is -0.469 e. The van der Waals surface area contributed by atoms with E-state index in [4.69, 9.17) is 113 Å². The molecule has 0 bridgehead atoms. The molecule has 0 saturated carbocycles. The van der Waals surface area contributed by atoms with E-state index < -0.39 is 109 Å². The molecule has 13 heterocycles. The first kappa shape index (κ1) is 109. The molecule has 0 spiro atoms. The van der Waals surface area contributed by atoms with Gasteiger partial charge in [0.15, 0.2) is 92.2 Å². The second-order valence-electron chi connectivity index (χ2n) is 30.8. The Morgan fingerprint density at radius 2 is 0.945 bits per heavy atom. The molecular formula is C79H108Cl6F5N19O17P2. The number of cyclic esters (lactones) is 1.